The van der Waals surface area contributed by atoms with Crippen LogP contribution in [0.4, 0.5) is 0 Å². The fraction of sp³-hybridized carbons (Fsp3) is 0.923. The summed E-state index contributed by atoms with van der Waals surface area (Å²) in [6, 6.07) is 0. The lowest BCUT2D eigenvalue weighted by atomic mass is 9.75. The molecule has 4 N–H and O–H groups in total. The summed E-state index contributed by atoms with van der Waals surface area (Å²) in [4.78, 5) is 11.7. The number of aliphatic hydroxyl groups is 1. The van der Waals surface area contributed by atoms with Gasteiger partial charge < -0.3 is 16.2 Å². The van der Waals surface area contributed by atoms with Gasteiger partial charge in [-0.25, -0.2) is 0 Å². The molecular weight excluding hydrogens is 216 g/mol. The van der Waals surface area contributed by atoms with Gasteiger partial charge in [0.1, 0.15) is 0 Å². The number of carbonyl (C=O) groups is 1. The highest BCUT2D eigenvalue weighted by atomic mass is 16.3. The van der Waals surface area contributed by atoms with Crippen LogP contribution in [0.15, 0.2) is 0 Å². The second kappa shape index (κ2) is 5.36. The smallest absolute Gasteiger partial charge is 0.221 e. The van der Waals surface area contributed by atoms with Crippen LogP contribution in [0.1, 0.15) is 51.4 Å². The largest absolute Gasteiger partial charge is 0.393 e. The molecular formula is C13H24N2O2. The molecule has 0 bridgehead atoms. The van der Waals surface area contributed by atoms with Crippen molar-refractivity contribution in [1.29, 1.82) is 0 Å². The van der Waals surface area contributed by atoms with Gasteiger partial charge in [-0.3, -0.25) is 4.79 Å². The number of rotatable bonds is 4. The van der Waals surface area contributed by atoms with Crippen LogP contribution in [-0.4, -0.2) is 29.2 Å². The van der Waals surface area contributed by atoms with Crippen molar-refractivity contribution in [2.45, 2.75) is 63.0 Å². The fourth-order valence-corrected chi connectivity index (χ4v) is 2.90. The van der Waals surface area contributed by atoms with E-state index in [0.717, 1.165) is 44.9 Å². The molecule has 2 aliphatic rings. The van der Waals surface area contributed by atoms with Crippen molar-refractivity contribution in [3.8, 4) is 0 Å². The Balaban J connectivity index is 1.65. The SMILES string of the molecule is NC1(CC(=O)NCC2CCCC(O)C2)CCC1. The first-order valence-corrected chi connectivity index (χ1v) is 6.81. The molecule has 17 heavy (non-hydrogen) atoms. The summed E-state index contributed by atoms with van der Waals surface area (Å²) in [5.41, 5.74) is 5.81. The van der Waals surface area contributed by atoms with E-state index in [4.69, 9.17) is 5.73 Å². The minimum atomic E-state index is -0.226. The van der Waals surface area contributed by atoms with Crippen molar-refractivity contribution >= 4 is 5.91 Å². The lowest BCUT2D eigenvalue weighted by Crippen LogP contribution is -2.50. The van der Waals surface area contributed by atoms with Gasteiger partial charge in [-0.05, 0) is 44.4 Å². The van der Waals surface area contributed by atoms with E-state index < -0.39 is 0 Å². The molecule has 0 radical (unpaired) electrons. The first-order chi connectivity index (χ1) is 8.07. The van der Waals surface area contributed by atoms with Crippen LogP contribution < -0.4 is 11.1 Å². The van der Waals surface area contributed by atoms with Crippen LogP contribution in [-0.2, 0) is 4.79 Å². The second-order valence-corrected chi connectivity index (χ2v) is 5.88. The van der Waals surface area contributed by atoms with Gasteiger partial charge in [0, 0.05) is 18.5 Å². The monoisotopic (exact) mass is 240 g/mol. The lowest BCUT2D eigenvalue weighted by molar-refractivity contribution is -0.123. The van der Waals surface area contributed by atoms with Crippen molar-refractivity contribution in [2.75, 3.05) is 6.54 Å². The predicted molar refractivity (Wildman–Crippen MR) is 66.4 cm³/mol. The molecule has 0 aliphatic heterocycles. The summed E-state index contributed by atoms with van der Waals surface area (Å²) < 4.78 is 0. The Morgan fingerprint density at radius 1 is 1.35 bits per heavy atom. The molecule has 0 heterocycles. The third kappa shape index (κ3) is 3.68. The van der Waals surface area contributed by atoms with Gasteiger partial charge in [0.05, 0.1) is 6.10 Å². The number of nitrogens with one attached hydrogen (secondary N) is 1. The van der Waals surface area contributed by atoms with E-state index in [9.17, 15) is 9.90 Å². The summed E-state index contributed by atoms with van der Waals surface area (Å²) in [5, 5.41) is 12.5. The van der Waals surface area contributed by atoms with Gasteiger partial charge in [-0.2, -0.15) is 0 Å². The van der Waals surface area contributed by atoms with Gasteiger partial charge in [0.2, 0.25) is 5.91 Å². The zero-order valence-electron chi connectivity index (χ0n) is 10.5. The van der Waals surface area contributed by atoms with E-state index in [1.54, 1.807) is 0 Å². The molecule has 2 rings (SSSR count). The standard InChI is InChI=1S/C13H24N2O2/c14-13(5-2-6-13)8-12(17)15-9-10-3-1-4-11(16)7-10/h10-11,16H,1-9,14H2,(H,15,17). The normalized spacial score (nSPS) is 31.6. The van der Waals surface area contributed by atoms with Crippen molar-refractivity contribution in [1.82, 2.24) is 5.32 Å². The average molecular weight is 240 g/mol. The molecule has 2 unspecified atom stereocenters. The van der Waals surface area contributed by atoms with Crippen LogP contribution in [0.2, 0.25) is 0 Å². The Kier molecular flexibility index (Phi) is 4.05. The third-order valence-corrected chi connectivity index (χ3v) is 4.20. The van der Waals surface area contributed by atoms with Gasteiger partial charge in [-0.1, -0.05) is 6.42 Å². The fourth-order valence-electron chi connectivity index (χ4n) is 2.90. The van der Waals surface area contributed by atoms with Crippen molar-refractivity contribution in [3.63, 3.8) is 0 Å². The number of hydrogen-bond acceptors (Lipinski definition) is 3. The molecule has 98 valence electrons. The Bertz CT molecular complexity index is 277. The quantitative estimate of drug-likeness (QED) is 0.684. The Labute approximate surface area is 103 Å². The molecule has 0 aromatic carbocycles. The molecule has 4 nitrogen and oxygen atoms in total. The maximum atomic E-state index is 11.7. The maximum absolute atomic E-state index is 11.7. The van der Waals surface area contributed by atoms with Crippen LogP contribution in [0.5, 0.6) is 0 Å². The summed E-state index contributed by atoms with van der Waals surface area (Å²) >= 11 is 0. The molecule has 2 aliphatic carbocycles. The molecule has 2 fully saturated rings. The molecule has 2 saturated carbocycles. The van der Waals surface area contributed by atoms with Crippen LogP contribution in [0, 0.1) is 5.92 Å². The van der Waals surface area contributed by atoms with E-state index in [1.807, 2.05) is 0 Å². The number of nitrogens with two attached hydrogens (primary N) is 1. The molecule has 0 saturated heterocycles. The zero-order valence-corrected chi connectivity index (χ0v) is 10.5. The predicted octanol–water partition coefficient (Wildman–Crippen LogP) is 0.925. The van der Waals surface area contributed by atoms with Crippen LogP contribution in [0.3, 0.4) is 0 Å². The van der Waals surface area contributed by atoms with E-state index in [2.05, 4.69) is 5.32 Å². The van der Waals surface area contributed by atoms with E-state index in [1.165, 1.54) is 0 Å². The van der Waals surface area contributed by atoms with Crippen molar-refractivity contribution in [3.05, 3.63) is 0 Å². The Morgan fingerprint density at radius 2 is 2.12 bits per heavy atom. The topological polar surface area (TPSA) is 75.4 Å². The number of carbonyl (C=O) groups excluding carboxylic acids is 1. The molecule has 0 spiro atoms. The zero-order chi connectivity index (χ0) is 12.3. The highest BCUT2D eigenvalue weighted by Gasteiger charge is 2.34. The van der Waals surface area contributed by atoms with Crippen molar-refractivity contribution in [2.24, 2.45) is 11.7 Å². The first kappa shape index (κ1) is 12.8. The molecule has 2 atom stereocenters. The average Bonchev–Trinajstić information content (AvgIpc) is 2.24. The number of hydrogen-bond donors (Lipinski definition) is 3. The van der Waals surface area contributed by atoms with Crippen molar-refractivity contribution < 1.29 is 9.90 Å². The lowest BCUT2D eigenvalue weighted by Gasteiger charge is -2.37. The summed E-state index contributed by atoms with van der Waals surface area (Å²) in [5.74, 6) is 0.519. The van der Waals surface area contributed by atoms with Crippen LogP contribution >= 0.6 is 0 Å². The van der Waals surface area contributed by atoms with Gasteiger partial charge in [0.25, 0.3) is 0 Å². The molecule has 1 amide bonds. The van der Waals surface area contributed by atoms with E-state index >= 15 is 0 Å². The van der Waals surface area contributed by atoms with Gasteiger partial charge in [-0.15, -0.1) is 0 Å². The Morgan fingerprint density at radius 3 is 2.71 bits per heavy atom. The second-order valence-electron chi connectivity index (χ2n) is 5.88. The first-order valence-electron chi connectivity index (χ1n) is 6.81. The van der Waals surface area contributed by atoms with Gasteiger partial charge >= 0.3 is 0 Å². The number of aliphatic hydroxyl groups excluding tert-OH is 1. The summed E-state index contributed by atoms with van der Waals surface area (Å²) in [6.07, 6.45) is 7.32. The molecule has 4 heteroatoms. The number of amides is 1. The minimum absolute atomic E-state index is 0.0762. The van der Waals surface area contributed by atoms with Crippen LogP contribution in [0.25, 0.3) is 0 Å². The minimum Gasteiger partial charge on any atom is -0.393 e. The molecule has 0 aromatic rings. The van der Waals surface area contributed by atoms with E-state index in [0.29, 0.717) is 18.9 Å². The van der Waals surface area contributed by atoms with Gasteiger partial charge in [0.15, 0.2) is 0 Å². The van der Waals surface area contributed by atoms with E-state index in [-0.39, 0.29) is 17.6 Å². The summed E-state index contributed by atoms with van der Waals surface area (Å²) in [6.45, 7) is 0.700. The Hall–Kier alpha value is -0.610. The highest BCUT2D eigenvalue weighted by molar-refractivity contribution is 5.77. The highest BCUT2D eigenvalue weighted by Crippen LogP contribution is 2.32. The maximum Gasteiger partial charge on any atom is 0.221 e. The molecule has 0 aromatic heterocycles. The third-order valence-electron chi connectivity index (χ3n) is 4.20. The summed E-state index contributed by atoms with van der Waals surface area (Å²) in [7, 11) is 0.